The second kappa shape index (κ2) is 11.3. The first-order chi connectivity index (χ1) is 12.2. The van der Waals surface area contributed by atoms with E-state index in [2.05, 4.69) is 21.7 Å². The van der Waals surface area contributed by atoms with Crippen LogP contribution in [0.25, 0.3) is 0 Å². The van der Waals surface area contributed by atoms with Gasteiger partial charge in [0, 0.05) is 52.4 Å². The van der Waals surface area contributed by atoms with Gasteiger partial charge in [0.25, 0.3) is 0 Å². The number of halogens is 1. The number of hydrogen-bond acceptors (Lipinski definition) is 4. The molecule has 27 heavy (non-hydrogen) atoms. The Hall–Kier alpha value is -0.770. The van der Waals surface area contributed by atoms with Crippen LogP contribution in [0.1, 0.15) is 47.0 Å². The van der Waals surface area contributed by atoms with Crippen LogP contribution in [0.15, 0.2) is 4.99 Å². The number of ether oxygens (including phenoxy) is 1. The molecule has 0 aromatic carbocycles. The number of hydrogen-bond donors (Lipinski definition) is 1. The number of aliphatic imine (C=N–C) groups is 1. The third-order valence-electron chi connectivity index (χ3n) is 5.04. The van der Waals surface area contributed by atoms with Crippen LogP contribution in [0.5, 0.6) is 0 Å². The third-order valence-corrected chi connectivity index (χ3v) is 5.04. The summed E-state index contributed by atoms with van der Waals surface area (Å²) < 4.78 is 5.43. The monoisotopic (exact) mass is 495 g/mol. The summed E-state index contributed by atoms with van der Waals surface area (Å²) in [5.74, 6) is 1.50. The molecule has 2 saturated heterocycles. The molecule has 1 amide bonds. The summed E-state index contributed by atoms with van der Waals surface area (Å²) in [6.07, 6.45) is 3.21. The second-order valence-electron chi connectivity index (χ2n) is 8.57. The van der Waals surface area contributed by atoms with Crippen molar-refractivity contribution in [3.05, 3.63) is 0 Å². The van der Waals surface area contributed by atoms with Crippen LogP contribution in [0.3, 0.4) is 0 Å². The average molecular weight is 495 g/mol. The zero-order valence-electron chi connectivity index (χ0n) is 17.4. The summed E-state index contributed by atoms with van der Waals surface area (Å²) in [6, 6.07) is 0. The number of carbonyl (C=O) groups excluding carboxylic acids is 1. The van der Waals surface area contributed by atoms with Crippen LogP contribution in [0, 0.1) is 5.92 Å². The number of carbonyl (C=O) groups is 1. The molecule has 0 saturated carbocycles. The minimum absolute atomic E-state index is 0. The molecule has 0 bridgehead atoms. The maximum Gasteiger partial charge on any atom is 0.410 e. The fraction of sp³-hybridized carbons (Fsp3) is 0.895. The Balaban J connectivity index is 0.00000364. The Kier molecular flexibility index (Phi) is 10.1. The molecule has 0 spiro atoms. The molecule has 2 fully saturated rings. The molecule has 2 heterocycles. The van der Waals surface area contributed by atoms with E-state index >= 15 is 0 Å². The van der Waals surface area contributed by atoms with Crippen molar-refractivity contribution in [3.8, 4) is 0 Å². The topological polar surface area (TPSA) is 74.4 Å². The van der Waals surface area contributed by atoms with Crippen molar-refractivity contribution in [1.29, 1.82) is 0 Å². The smallest absolute Gasteiger partial charge is 0.410 e. The Morgan fingerprint density at radius 2 is 1.67 bits per heavy atom. The summed E-state index contributed by atoms with van der Waals surface area (Å²) in [4.78, 5) is 23.0. The standard InChI is InChI=1S/C19H37N5O2.HI/c1-16-6-10-23(11-7-16)17(20)21-8-5-9-22-12-14-24(15-13-22)18(25)26-19(2,3)4;/h16H,5-15H2,1-4H3,(H2,20,21);1H. The van der Waals surface area contributed by atoms with E-state index in [0.717, 1.165) is 64.7 Å². The van der Waals surface area contributed by atoms with Gasteiger partial charge in [-0.2, -0.15) is 0 Å². The lowest BCUT2D eigenvalue weighted by Crippen LogP contribution is -2.50. The van der Waals surface area contributed by atoms with Crippen LogP contribution in [-0.2, 0) is 4.74 Å². The van der Waals surface area contributed by atoms with Crippen molar-refractivity contribution in [2.75, 3.05) is 52.4 Å². The zero-order valence-corrected chi connectivity index (χ0v) is 19.8. The normalized spacial score (nSPS) is 20.4. The van der Waals surface area contributed by atoms with Crippen LogP contribution in [0.4, 0.5) is 4.79 Å². The van der Waals surface area contributed by atoms with Crippen LogP contribution >= 0.6 is 24.0 Å². The molecule has 0 aromatic heterocycles. The highest BCUT2D eigenvalue weighted by Gasteiger charge is 2.25. The molecule has 2 aliphatic heterocycles. The minimum Gasteiger partial charge on any atom is -0.444 e. The van der Waals surface area contributed by atoms with Crippen molar-refractivity contribution in [2.45, 2.75) is 52.6 Å². The third kappa shape index (κ3) is 8.85. The van der Waals surface area contributed by atoms with Crippen molar-refractivity contribution < 1.29 is 9.53 Å². The van der Waals surface area contributed by atoms with Crippen LogP contribution < -0.4 is 5.73 Å². The first-order valence-corrected chi connectivity index (χ1v) is 10.00. The van der Waals surface area contributed by atoms with Gasteiger partial charge in [-0.25, -0.2) is 4.79 Å². The van der Waals surface area contributed by atoms with Gasteiger partial charge in [-0.15, -0.1) is 24.0 Å². The van der Waals surface area contributed by atoms with E-state index in [1.54, 1.807) is 4.90 Å². The molecule has 0 unspecified atom stereocenters. The Morgan fingerprint density at radius 1 is 1.07 bits per heavy atom. The first kappa shape index (κ1) is 24.3. The molecule has 0 radical (unpaired) electrons. The molecule has 0 aromatic rings. The summed E-state index contributed by atoms with van der Waals surface area (Å²) >= 11 is 0. The fourth-order valence-electron chi connectivity index (χ4n) is 3.31. The lowest BCUT2D eigenvalue weighted by atomic mass is 10.00. The number of piperidine rings is 1. The van der Waals surface area contributed by atoms with Crippen LogP contribution in [0.2, 0.25) is 0 Å². The van der Waals surface area contributed by atoms with Crippen LogP contribution in [-0.4, -0.2) is 84.7 Å². The maximum atomic E-state index is 12.1. The van der Waals surface area contributed by atoms with Gasteiger partial charge in [0.2, 0.25) is 0 Å². The molecule has 2 rings (SSSR count). The number of guanidine groups is 1. The Morgan fingerprint density at radius 3 is 2.22 bits per heavy atom. The molecule has 7 nitrogen and oxygen atoms in total. The largest absolute Gasteiger partial charge is 0.444 e. The predicted octanol–water partition coefficient (Wildman–Crippen LogP) is 2.59. The van der Waals surface area contributed by atoms with E-state index in [1.807, 2.05) is 20.8 Å². The van der Waals surface area contributed by atoms with E-state index in [0.29, 0.717) is 5.96 Å². The average Bonchev–Trinajstić information content (AvgIpc) is 2.58. The molecule has 0 aliphatic carbocycles. The van der Waals surface area contributed by atoms with E-state index in [-0.39, 0.29) is 30.1 Å². The molecule has 2 N–H and O–H groups in total. The zero-order chi connectivity index (χ0) is 19.2. The van der Waals surface area contributed by atoms with Gasteiger partial charge in [0.15, 0.2) is 5.96 Å². The van der Waals surface area contributed by atoms with Gasteiger partial charge >= 0.3 is 6.09 Å². The molecule has 8 heteroatoms. The minimum atomic E-state index is -0.432. The van der Waals surface area contributed by atoms with E-state index in [9.17, 15) is 4.79 Å². The van der Waals surface area contributed by atoms with Crippen molar-refractivity contribution in [2.24, 2.45) is 16.6 Å². The predicted molar refractivity (Wildman–Crippen MR) is 121 cm³/mol. The number of likely N-dealkylation sites (tertiary alicyclic amines) is 1. The van der Waals surface area contributed by atoms with Gasteiger partial charge in [-0.05, 0) is 46.0 Å². The summed E-state index contributed by atoms with van der Waals surface area (Å²) in [7, 11) is 0. The lowest BCUT2D eigenvalue weighted by molar-refractivity contribution is 0.0145. The highest BCUT2D eigenvalue weighted by Crippen LogP contribution is 2.15. The summed E-state index contributed by atoms with van der Waals surface area (Å²) in [5.41, 5.74) is 5.69. The van der Waals surface area contributed by atoms with E-state index in [4.69, 9.17) is 10.5 Å². The summed E-state index contributed by atoms with van der Waals surface area (Å²) in [6.45, 7) is 15.1. The van der Waals surface area contributed by atoms with Crippen molar-refractivity contribution >= 4 is 36.0 Å². The number of piperazine rings is 1. The van der Waals surface area contributed by atoms with Gasteiger partial charge in [-0.3, -0.25) is 9.89 Å². The molecular formula is C19H38IN5O2. The lowest BCUT2D eigenvalue weighted by Gasteiger charge is -2.35. The van der Waals surface area contributed by atoms with Gasteiger partial charge < -0.3 is 20.3 Å². The van der Waals surface area contributed by atoms with Crippen molar-refractivity contribution in [1.82, 2.24) is 14.7 Å². The number of nitrogens with zero attached hydrogens (tertiary/aromatic N) is 4. The summed E-state index contributed by atoms with van der Waals surface area (Å²) in [5, 5.41) is 0. The van der Waals surface area contributed by atoms with E-state index < -0.39 is 5.60 Å². The van der Waals surface area contributed by atoms with Gasteiger partial charge in [0.05, 0.1) is 0 Å². The molecule has 158 valence electrons. The first-order valence-electron chi connectivity index (χ1n) is 10.00. The Bertz CT molecular complexity index is 479. The highest BCUT2D eigenvalue weighted by atomic mass is 127. The molecule has 0 atom stereocenters. The molecular weight excluding hydrogens is 457 g/mol. The van der Waals surface area contributed by atoms with Gasteiger partial charge in [-0.1, -0.05) is 6.92 Å². The van der Waals surface area contributed by atoms with E-state index in [1.165, 1.54) is 12.8 Å². The fourth-order valence-corrected chi connectivity index (χ4v) is 3.31. The number of nitrogens with two attached hydrogens (primary N) is 1. The SMILES string of the molecule is CC1CCN(C(N)=NCCCN2CCN(C(=O)OC(C)(C)C)CC2)CC1.I. The molecule has 2 aliphatic rings. The highest BCUT2D eigenvalue weighted by molar-refractivity contribution is 14.0. The second-order valence-corrected chi connectivity index (χ2v) is 8.57. The van der Waals surface area contributed by atoms with Gasteiger partial charge in [0.1, 0.15) is 5.60 Å². The Labute approximate surface area is 181 Å². The number of rotatable bonds is 4. The maximum absolute atomic E-state index is 12.1. The number of amides is 1. The quantitative estimate of drug-likeness (QED) is 0.281. The van der Waals surface area contributed by atoms with Crippen molar-refractivity contribution in [3.63, 3.8) is 0 Å².